The van der Waals surface area contributed by atoms with Crippen LogP contribution in [0.2, 0.25) is 0 Å². The quantitative estimate of drug-likeness (QED) is 0.234. The molecule has 198 valence electrons. The van der Waals surface area contributed by atoms with Crippen LogP contribution in [0.1, 0.15) is 0 Å². The van der Waals surface area contributed by atoms with E-state index >= 15 is 0 Å². The minimum absolute atomic E-state index is 0.0230. The summed E-state index contributed by atoms with van der Waals surface area (Å²) in [7, 11) is -0.121. The van der Waals surface area contributed by atoms with Crippen LogP contribution in [0, 0.1) is 0 Å². The molecule has 13 heteroatoms. The van der Waals surface area contributed by atoms with Crippen molar-refractivity contribution in [1.29, 1.82) is 0 Å². The standard InChI is InChI=1S/C26H24N8O4S/c1-33(23-12-13-28-25(32-23)29-16-6-5-7-18(14-16)39(27,37)38)17-10-11-22-21(15-17)30-24(34(22)2)19-8-3-4-9-20(19)31-26(35)36/h3-15,31H,1-2H3,(H,35,36)(H2,27,37,38)(H,28,29,32). The van der Waals surface area contributed by atoms with Crippen molar-refractivity contribution in [1.82, 2.24) is 19.5 Å². The Bertz CT molecular complexity index is 1820. The average Bonchev–Trinajstić information content (AvgIpc) is 3.23. The summed E-state index contributed by atoms with van der Waals surface area (Å²) in [5.41, 5.74) is 3.97. The highest BCUT2D eigenvalue weighted by Gasteiger charge is 2.16. The molecular formula is C26H24N8O4S. The summed E-state index contributed by atoms with van der Waals surface area (Å²) >= 11 is 0. The maximum Gasteiger partial charge on any atom is 0.409 e. The fourth-order valence-corrected chi connectivity index (χ4v) is 4.71. The second kappa shape index (κ2) is 10.0. The SMILES string of the molecule is CN(c1ccc2c(c1)nc(-c1ccccc1NC(=O)O)n2C)c1ccnc(Nc2cccc(S(N)(=O)=O)c2)n1. The zero-order valence-corrected chi connectivity index (χ0v) is 21.7. The van der Waals surface area contributed by atoms with E-state index in [4.69, 9.17) is 10.1 Å². The molecule has 0 atom stereocenters. The molecule has 1 amide bonds. The van der Waals surface area contributed by atoms with E-state index in [0.29, 0.717) is 34.1 Å². The number of sulfonamides is 1. The Morgan fingerprint density at radius 1 is 1.03 bits per heavy atom. The van der Waals surface area contributed by atoms with Gasteiger partial charge in [-0.05, 0) is 54.6 Å². The number of para-hydroxylation sites is 1. The van der Waals surface area contributed by atoms with Crippen molar-refractivity contribution in [3.63, 3.8) is 0 Å². The van der Waals surface area contributed by atoms with Gasteiger partial charge in [-0.1, -0.05) is 18.2 Å². The Labute approximate surface area is 223 Å². The van der Waals surface area contributed by atoms with Gasteiger partial charge in [-0.3, -0.25) is 5.32 Å². The first-order chi connectivity index (χ1) is 18.6. The van der Waals surface area contributed by atoms with Crippen LogP contribution in [0.3, 0.4) is 0 Å². The second-order valence-electron chi connectivity index (χ2n) is 8.64. The lowest BCUT2D eigenvalue weighted by Gasteiger charge is -2.19. The summed E-state index contributed by atoms with van der Waals surface area (Å²) in [5, 5.41) is 19.9. The van der Waals surface area contributed by atoms with E-state index in [-0.39, 0.29) is 10.8 Å². The van der Waals surface area contributed by atoms with Gasteiger partial charge >= 0.3 is 6.09 Å². The Hall–Kier alpha value is -5.01. The monoisotopic (exact) mass is 544 g/mol. The summed E-state index contributed by atoms with van der Waals surface area (Å²) < 4.78 is 25.3. The topological polar surface area (TPSA) is 168 Å². The highest BCUT2D eigenvalue weighted by Crippen LogP contribution is 2.32. The van der Waals surface area contributed by atoms with Crippen molar-refractivity contribution in [2.45, 2.75) is 4.90 Å². The van der Waals surface area contributed by atoms with Gasteiger partial charge in [-0.15, -0.1) is 0 Å². The van der Waals surface area contributed by atoms with Crippen LogP contribution >= 0.6 is 0 Å². The summed E-state index contributed by atoms with van der Waals surface area (Å²) in [6.07, 6.45) is 0.440. The van der Waals surface area contributed by atoms with Crippen molar-refractivity contribution in [3.05, 3.63) is 79.0 Å². The van der Waals surface area contributed by atoms with E-state index in [0.717, 1.165) is 11.2 Å². The minimum atomic E-state index is -3.85. The third-order valence-corrected chi connectivity index (χ3v) is 6.98. The Morgan fingerprint density at radius 3 is 2.59 bits per heavy atom. The number of aryl methyl sites for hydroxylation is 1. The molecular weight excluding hydrogens is 520 g/mol. The normalized spacial score (nSPS) is 11.4. The average molecular weight is 545 g/mol. The third kappa shape index (κ3) is 5.35. The Morgan fingerprint density at radius 2 is 1.82 bits per heavy atom. The first kappa shape index (κ1) is 25.6. The molecule has 2 aromatic heterocycles. The van der Waals surface area contributed by atoms with Gasteiger partial charge in [0.1, 0.15) is 11.6 Å². The largest absolute Gasteiger partial charge is 0.465 e. The van der Waals surface area contributed by atoms with E-state index in [9.17, 15) is 18.3 Å². The number of hydrogen-bond donors (Lipinski definition) is 4. The molecule has 0 radical (unpaired) electrons. The van der Waals surface area contributed by atoms with Crippen molar-refractivity contribution in [2.75, 3.05) is 22.6 Å². The molecule has 0 aliphatic heterocycles. The van der Waals surface area contributed by atoms with Gasteiger partial charge in [0.15, 0.2) is 0 Å². The van der Waals surface area contributed by atoms with Gasteiger partial charge in [0.2, 0.25) is 16.0 Å². The fraction of sp³-hybridized carbons (Fsp3) is 0.0769. The minimum Gasteiger partial charge on any atom is -0.465 e. The number of aromatic nitrogens is 4. The van der Waals surface area contributed by atoms with Crippen LogP contribution < -0.4 is 20.7 Å². The number of benzene rings is 3. The summed E-state index contributed by atoms with van der Waals surface area (Å²) in [6, 6.07) is 20.7. The van der Waals surface area contributed by atoms with Crippen molar-refractivity contribution in [3.8, 4) is 11.4 Å². The zero-order valence-electron chi connectivity index (χ0n) is 20.9. The van der Waals surface area contributed by atoms with E-state index in [1.54, 1.807) is 36.5 Å². The number of amides is 1. The van der Waals surface area contributed by atoms with Crippen LogP contribution in [0.4, 0.5) is 33.6 Å². The van der Waals surface area contributed by atoms with Gasteiger partial charge in [0, 0.05) is 37.2 Å². The third-order valence-electron chi connectivity index (χ3n) is 6.06. The molecule has 0 unspecified atom stereocenters. The first-order valence-corrected chi connectivity index (χ1v) is 13.2. The van der Waals surface area contributed by atoms with Crippen LogP contribution in [0.15, 0.2) is 83.9 Å². The summed E-state index contributed by atoms with van der Waals surface area (Å²) in [4.78, 5) is 26.7. The number of imidazole rings is 1. The molecule has 12 nitrogen and oxygen atoms in total. The highest BCUT2D eigenvalue weighted by molar-refractivity contribution is 7.89. The van der Waals surface area contributed by atoms with E-state index in [1.165, 1.54) is 12.1 Å². The number of rotatable bonds is 7. The number of anilines is 5. The predicted molar refractivity (Wildman–Crippen MR) is 149 cm³/mol. The van der Waals surface area contributed by atoms with E-state index in [1.807, 2.05) is 53.9 Å². The number of hydrogen-bond acceptors (Lipinski definition) is 8. The lowest BCUT2D eigenvalue weighted by molar-refractivity contribution is 0.210. The Kier molecular flexibility index (Phi) is 6.60. The molecule has 0 spiro atoms. The summed E-state index contributed by atoms with van der Waals surface area (Å²) in [6.45, 7) is 0. The van der Waals surface area contributed by atoms with Gasteiger partial charge in [0.25, 0.3) is 0 Å². The molecule has 0 saturated heterocycles. The molecule has 5 rings (SSSR count). The first-order valence-electron chi connectivity index (χ1n) is 11.6. The molecule has 0 saturated carbocycles. The van der Waals surface area contributed by atoms with Gasteiger partial charge in [-0.2, -0.15) is 4.98 Å². The lowest BCUT2D eigenvalue weighted by atomic mass is 10.1. The smallest absolute Gasteiger partial charge is 0.409 e. The zero-order chi connectivity index (χ0) is 27.7. The lowest BCUT2D eigenvalue weighted by Crippen LogP contribution is -2.13. The Balaban J connectivity index is 1.44. The maximum atomic E-state index is 11.7. The van der Waals surface area contributed by atoms with Crippen molar-refractivity contribution >= 4 is 56.0 Å². The van der Waals surface area contributed by atoms with Gasteiger partial charge < -0.3 is 19.9 Å². The summed E-state index contributed by atoms with van der Waals surface area (Å²) in [5.74, 6) is 1.47. The van der Waals surface area contributed by atoms with Crippen molar-refractivity contribution in [2.24, 2.45) is 12.2 Å². The number of nitrogens with zero attached hydrogens (tertiary/aromatic N) is 5. The number of fused-ring (bicyclic) bond motifs is 1. The maximum absolute atomic E-state index is 11.7. The molecule has 0 aliphatic rings. The van der Waals surface area contributed by atoms with Crippen LogP contribution in [-0.2, 0) is 17.1 Å². The van der Waals surface area contributed by atoms with Gasteiger partial charge in [0.05, 0.1) is 21.6 Å². The highest BCUT2D eigenvalue weighted by atomic mass is 32.2. The molecule has 0 fully saturated rings. The van der Waals surface area contributed by atoms with Gasteiger partial charge in [-0.25, -0.2) is 28.3 Å². The van der Waals surface area contributed by atoms with Crippen molar-refractivity contribution < 1.29 is 18.3 Å². The van der Waals surface area contributed by atoms with Crippen LogP contribution in [0.25, 0.3) is 22.4 Å². The molecule has 3 aromatic carbocycles. The van der Waals surface area contributed by atoms with Crippen LogP contribution in [0.5, 0.6) is 0 Å². The van der Waals surface area contributed by atoms with Crippen LogP contribution in [-0.4, -0.2) is 46.2 Å². The van der Waals surface area contributed by atoms with E-state index in [2.05, 4.69) is 20.6 Å². The fourth-order valence-electron chi connectivity index (χ4n) is 4.15. The number of primary sulfonamides is 1. The number of nitrogens with one attached hydrogen (secondary N) is 2. The molecule has 0 aliphatic carbocycles. The molecule has 5 N–H and O–H groups in total. The number of carboxylic acid groups (broad SMARTS) is 1. The molecule has 2 heterocycles. The number of nitrogens with two attached hydrogens (primary N) is 1. The predicted octanol–water partition coefficient (Wildman–Crippen LogP) is 4.28. The van der Waals surface area contributed by atoms with E-state index < -0.39 is 16.1 Å². The molecule has 0 bridgehead atoms. The molecule has 5 aromatic rings. The second-order valence-corrected chi connectivity index (χ2v) is 10.2. The number of carbonyl (C=O) groups is 1. The molecule has 39 heavy (non-hydrogen) atoms.